The van der Waals surface area contributed by atoms with Crippen LogP contribution in [0.25, 0.3) is 0 Å². The molecule has 0 aliphatic carbocycles. The van der Waals surface area contributed by atoms with Crippen LogP contribution in [0, 0.1) is 0 Å². The lowest BCUT2D eigenvalue weighted by Gasteiger charge is -2.07. The van der Waals surface area contributed by atoms with Crippen molar-refractivity contribution in [2.45, 2.75) is 6.42 Å². The van der Waals surface area contributed by atoms with Gasteiger partial charge in [-0.1, -0.05) is 48.0 Å². The molecule has 0 spiro atoms. The molecule has 22 heavy (non-hydrogen) atoms. The van der Waals surface area contributed by atoms with E-state index in [1.54, 1.807) is 18.2 Å². The van der Waals surface area contributed by atoms with Crippen LogP contribution in [0.5, 0.6) is 0 Å². The molecule has 0 radical (unpaired) electrons. The summed E-state index contributed by atoms with van der Waals surface area (Å²) in [6.45, 7) is 0.192. The number of hydrogen-bond donors (Lipinski definition) is 1. The first-order valence-electron chi connectivity index (χ1n) is 6.88. The lowest BCUT2D eigenvalue weighted by molar-refractivity contribution is -0.124. The molecule has 1 N–H and O–H groups in total. The molecule has 2 aromatic rings. The predicted octanol–water partition coefficient (Wildman–Crippen LogP) is 2.86. The average molecular weight is 318 g/mol. The van der Waals surface area contributed by atoms with E-state index in [-0.39, 0.29) is 12.5 Å². The Morgan fingerprint density at radius 3 is 2.55 bits per heavy atom. The highest BCUT2D eigenvalue weighted by Crippen LogP contribution is 2.11. The van der Waals surface area contributed by atoms with Crippen molar-refractivity contribution in [1.29, 1.82) is 0 Å². The Morgan fingerprint density at radius 2 is 1.82 bits per heavy atom. The molecule has 0 aromatic heterocycles. The number of hydrogen-bond acceptors (Lipinski definition) is 3. The summed E-state index contributed by atoms with van der Waals surface area (Å²) >= 11 is 5.79. The minimum absolute atomic E-state index is 0.305. The van der Waals surface area contributed by atoms with Gasteiger partial charge in [-0.15, -0.1) is 0 Å². The van der Waals surface area contributed by atoms with Gasteiger partial charge in [0.25, 0.3) is 5.91 Å². The van der Waals surface area contributed by atoms with Crippen LogP contribution in [-0.4, -0.2) is 25.0 Å². The fraction of sp³-hybridized carbons (Fsp3) is 0.176. The van der Waals surface area contributed by atoms with Gasteiger partial charge in [-0.05, 0) is 30.2 Å². The summed E-state index contributed by atoms with van der Waals surface area (Å²) in [5, 5.41) is 3.15. The molecule has 1 amide bonds. The second-order valence-electron chi connectivity index (χ2n) is 4.67. The molecule has 2 aromatic carbocycles. The van der Waals surface area contributed by atoms with Crippen LogP contribution in [0.4, 0.5) is 0 Å². The first kappa shape index (κ1) is 16.0. The zero-order valence-corrected chi connectivity index (χ0v) is 12.7. The zero-order valence-electron chi connectivity index (χ0n) is 11.9. The molecular weight excluding hydrogens is 302 g/mol. The number of nitrogens with one attached hydrogen (secondary N) is 1. The van der Waals surface area contributed by atoms with Crippen LogP contribution in [0.3, 0.4) is 0 Å². The molecule has 0 heterocycles. The van der Waals surface area contributed by atoms with E-state index in [1.807, 2.05) is 30.3 Å². The Bertz CT molecular complexity index is 643. The first-order valence-corrected chi connectivity index (χ1v) is 7.26. The van der Waals surface area contributed by atoms with Gasteiger partial charge in [-0.25, -0.2) is 4.79 Å². The van der Waals surface area contributed by atoms with Crippen LogP contribution in [0.2, 0.25) is 5.02 Å². The number of carbonyl (C=O) groups is 2. The summed E-state index contributed by atoms with van der Waals surface area (Å²) < 4.78 is 4.94. The maximum atomic E-state index is 11.7. The maximum Gasteiger partial charge on any atom is 0.338 e. The standard InChI is InChI=1S/C17H16ClNO3/c18-15-8-4-7-14(11-15)17(21)22-12-16(20)19-10-9-13-5-2-1-3-6-13/h1-8,11H,9-10,12H2,(H,19,20). The van der Waals surface area contributed by atoms with Crippen LogP contribution in [-0.2, 0) is 16.0 Å². The summed E-state index contributed by atoms with van der Waals surface area (Å²) in [5.74, 6) is -0.896. The van der Waals surface area contributed by atoms with Gasteiger partial charge in [0.05, 0.1) is 5.56 Å². The van der Waals surface area contributed by atoms with Crippen LogP contribution >= 0.6 is 11.6 Å². The second kappa shape index (κ2) is 8.20. The number of ether oxygens (including phenoxy) is 1. The molecule has 0 saturated carbocycles. The number of esters is 1. The lowest BCUT2D eigenvalue weighted by Crippen LogP contribution is -2.30. The van der Waals surface area contributed by atoms with E-state index >= 15 is 0 Å². The number of amides is 1. The van der Waals surface area contributed by atoms with Gasteiger partial charge < -0.3 is 10.1 Å². The smallest absolute Gasteiger partial charge is 0.338 e. The third-order valence-electron chi connectivity index (χ3n) is 2.97. The Hall–Kier alpha value is -2.33. The average Bonchev–Trinajstić information content (AvgIpc) is 2.53. The Kier molecular flexibility index (Phi) is 5.98. The molecule has 5 heteroatoms. The topological polar surface area (TPSA) is 55.4 Å². The van der Waals surface area contributed by atoms with E-state index < -0.39 is 5.97 Å². The minimum Gasteiger partial charge on any atom is -0.452 e. The quantitative estimate of drug-likeness (QED) is 0.834. The van der Waals surface area contributed by atoms with Gasteiger partial charge in [-0.2, -0.15) is 0 Å². The van der Waals surface area contributed by atoms with E-state index in [0.29, 0.717) is 17.1 Å². The number of benzene rings is 2. The summed E-state index contributed by atoms with van der Waals surface area (Å²) in [5.41, 5.74) is 1.46. The predicted molar refractivity (Wildman–Crippen MR) is 84.9 cm³/mol. The van der Waals surface area contributed by atoms with E-state index in [0.717, 1.165) is 12.0 Å². The molecule has 0 unspecified atom stereocenters. The molecule has 0 aliphatic heterocycles. The Balaban J connectivity index is 1.70. The van der Waals surface area contributed by atoms with Gasteiger partial charge in [0.15, 0.2) is 6.61 Å². The molecule has 0 atom stereocenters. The van der Waals surface area contributed by atoms with E-state index in [4.69, 9.17) is 16.3 Å². The zero-order chi connectivity index (χ0) is 15.8. The number of halogens is 1. The van der Waals surface area contributed by atoms with Gasteiger partial charge in [0, 0.05) is 11.6 Å². The van der Waals surface area contributed by atoms with E-state index in [1.165, 1.54) is 6.07 Å². The van der Waals surface area contributed by atoms with Gasteiger partial charge >= 0.3 is 5.97 Å². The van der Waals surface area contributed by atoms with Crippen molar-refractivity contribution in [1.82, 2.24) is 5.32 Å². The number of carbonyl (C=O) groups excluding carboxylic acids is 2. The fourth-order valence-corrected chi connectivity index (χ4v) is 2.06. The van der Waals surface area contributed by atoms with E-state index in [2.05, 4.69) is 5.32 Å². The van der Waals surface area contributed by atoms with Crippen LogP contribution in [0.1, 0.15) is 15.9 Å². The molecule has 0 aliphatic rings. The Morgan fingerprint density at radius 1 is 1.05 bits per heavy atom. The minimum atomic E-state index is -0.569. The molecule has 0 bridgehead atoms. The molecule has 114 valence electrons. The monoisotopic (exact) mass is 317 g/mol. The van der Waals surface area contributed by atoms with Crippen molar-refractivity contribution >= 4 is 23.5 Å². The van der Waals surface area contributed by atoms with Crippen molar-refractivity contribution in [3.8, 4) is 0 Å². The third kappa shape index (κ3) is 5.22. The van der Waals surface area contributed by atoms with Crippen molar-refractivity contribution < 1.29 is 14.3 Å². The van der Waals surface area contributed by atoms with Crippen LogP contribution in [0.15, 0.2) is 54.6 Å². The highest BCUT2D eigenvalue weighted by molar-refractivity contribution is 6.30. The van der Waals surface area contributed by atoms with Gasteiger partial charge in [-0.3, -0.25) is 4.79 Å². The molecule has 0 fully saturated rings. The largest absolute Gasteiger partial charge is 0.452 e. The molecule has 4 nitrogen and oxygen atoms in total. The fourth-order valence-electron chi connectivity index (χ4n) is 1.87. The van der Waals surface area contributed by atoms with Crippen molar-refractivity contribution in [2.24, 2.45) is 0 Å². The summed E-state index contributed by atoms with van der Waals surface area (Å²) in [7, 11) is 0. The highest BCUT2D eigenvalue weighted by atomic mass is 35.5. The van der Waals surface area contributed by atoms with Crippen molar-refractivity contribution in [3.05, 3.63) is 70.7 Å². The normalized spacial score (nSPS) is 10.0. The Labute approximate surface area is 134 Å². The number of rotatable bonds is 6. The van der Waals surface area contributed by atoms with E-state index in [9.17, 15) is 9.59 Å². The summed E-state index contributed by atoms with van der Waals surface area (Å²) in [6, 6.07) is 16.2. The van der Waals surface area contributed by atoms with Crippen molar-refractivity contribution in [3.63, 3.8) is 0 Å². The lowest BCUT2D eigenvalue weighted by atomic mass is 10.1. The van der Waals surface area contributed by atoms with Crippen molar-refractivity contribution in [2.75, 3.05) is 13.2 Å². The highest BCUT2D eigenvalue weighted by Gasteiger charge is 2.10. The summed E-state index contributed by atoms with van der Waals surface area (Å²) in [6.07, 6.45) is 0.731. The third-order valence-corrected chi connectivity index (χ3v) is 3.21. The van der Waals surface area contributed by atoms with Crippen LogP contribution < -0.4 is 5.32 Å². The summed E-state index contributed by atoms with van der Waals surface area (Å²) in [4.78, 5) is 23.4. The molecule has 0 saturated heterocycles. The molecular formula is C17H16ClNO3. The SMILES string of the molecule is O=C(COC(=O)c1cccc(Cl)c1)NCCc1ccccc1. The van der Waals surface area contributed by atoms with Gasteiger partial charge in [0.2, 0.25) is 0 Å². The first-order chi connectivity index (χ1) is 10.6. The second-order valence-corrected chi connectivity index (χ2v) is 5.11. The maximum absolute atomic E-state index is 11.7. The van der Waals surface area contributed by atoms with Gasteiger partial charge in [0.1, 0.15) is 0 Å². The molecule has 2 rings (SSSR count).